The molecule has 0 aromatic heterocycles. The van der Waals surface area contributed by atoms with Gasteiger partial charge in [-0.3, -0.25) is 4.90 Å². The number of piperazine rings is 1. The Kier molecular flexibility index (Phi) is 10.8. The Morgan fingerprint density at radius 3 is 2.19 bits per heavy atom. The molecule has 0 saturated carbocycles. The lowest BCUT2D eigenvalue weighted by atomic mass is 9.92. The van der Waals surface area contributed by atoms with Gasteiger partial charge >= 0.3 is 0 Å². The summed E-state index contributed by atoms with van der Waals surface area (Å²) in [7, 11) is 1.75. The van der Waals surface area contributed by atoms with Crippen LogP contribution in [0.5, 0.6) is 11.5 Å². The van der Waals surface area contributed by atoms with Crippen LogP contribution in [-0.4, -0.2) is 44.7 Å². The molecule has 0 amide bonds. The molecule has 3 aromatic rings. The summed E-state index contributed by atoms with van der Waals surface area (Å²) in [4.78, 5) is 5.01. The van der Waals surface area contributed by atoms with Crippen molar-refractivity contribution in [1.82, 2.24) is 4.90 Å². The molecule has 0 bridgehead atoms. The SMILES string of the molecule is COc1ccccc1N1CCN(CCc2ccc(COc3ccc4c(c3)CCCC4)cc2)CC1.Cl.Cl. The molecule has 1 aliphatic carbocycles. The van der Waals surface area contributed by atoms with Crippen molar-refractivity contribution >= 4 is 30.5 Å². The minimum Gasteiger partial charge on any atom is -0.495 e. The van der Waals surface area contributed by atoms with Gasteiger partial charge < -0.3 is 14.4 Å². The van der Waals surface area contributed by atoms with Gasteiger partial charge in [0.2, 0.25) is 0 Å². The third-order valence-corrected chi connectivity index (χ3v) is 7.26. The number of aryl methyl sites for hydroxylation is 2. The van der Waals surface area contributed by atoms with Crippen LogP contribution in [0, 0.1) is 0 Å². The van der Waals surface area contributed by atoms with Crippen molar-refractivity contribution in [3.05, 3.63) is 89.0 Å². The summed E-state index contributed by atoms with van der Waals surface area (Å²) in [5.41, 5.74) is 6.81. The zero-order valence-corrected chi connectivity index (χ0v) is 22.8. The molecule has 3 aromatic carbocycles. The van der Waals surface area contributed by atoms with Crippen molar-refractivity contribution < 1.29 is 9.47 Å². The predicted molar refractivity (Wildman–Crippen MR) is 154 cm³/mol. The highest BCUT2D eigenvalue weighted by Crippen LogP contribution is 2.28. The fourth-order valence-corrected chi connectivity index (χ4v) is 5.16. The molecule has 36 heavy (non-hydrogen) atoms. The third-order valence-electron chi connectivity index (χ3n) is 7.26. The molecule has 0 N–H and O–H groups in total. The Balaban J connectivity index is 0.00000180. The molecule has 1 aliphatic heterocycles. The van der Waals surface area contributed by atoms with Gasteiger partial charge in [-0.15, -0.1) is 24.8 Å². The van der Waals surface area contributed by atoms with Crippen LogP contribution in [0.15, 0.2) is 66.7 Å². The van der Waals surface area contributed by atoms with E-state index in [1.54, 1.807) is 7.11 Å². The van der Waals surface area contributed by atoms with Crippen molar-refractivity contribution in [3.8, 4) is 11.5 Å². The number of anilines is 1. The molecule has 0 unspecified atom stereocenters. The van der Waals surface area contributed by atoms with E-state index < -0.39 is 0 Å². The van der Waals surface area contributed by atoms with Crippen LogP contribution in [-0.2, 0) is 25.9 Å². The van der Waals surface area contributed by atoms with Crippen LogP contribution < -0.4 is 14.4 Å². The second-order valence-electron chi connectivity index (χ2n) is 9.49. The number of para-hydroxylation sites is 2. The first kappa shape index (κ1) is 28.2. The highest BCUT2D eigenvalue weighted by molar-refractivity contribution is 5.85. The Labute approximate surface area is 228 Å². The second-order valence-corrected chi connectivity index (χ2v) is 9.49. The topological polar surface area (TPSA) is 24.9 Å². The molecule has 1 saturated heterocycles. The van der Waals surface area contributed by atoms with Crippen LogP contribution >= 0.6 is 24.8 Å². The number of benzene rings is 3. The number of halogens is 2. The molecule has 1 heterocycles. The van der Waals surface area contributed by atoms with E-state index in [0.717, 1.165) is 50.6 Å². The second kappa shape index (κ2) is 13.8. The molecular formula is C30H38Cl2N2O2. The maximum absolute atomic E-state index is 6.09. The lowest BCUT2D eigenvalue weighted by Gasteiger charge is -2.36. The molecule has 6 heteroatoms. The Morgan fingerprint density at radius 1 is 0.750 bits per heavy atom. The van der Waals surface area contributed by atoms with Crippen molar-refractivity contribution in [3.63, 3.8) is 0 Å². The Morgan fingerprint density at radius 2 is 1.44 bits per heavy atom. The van der Waals surface area contributed by atoms with Crippen molar-refractivity contribution in [1.29, 1.82) is 0 Å². The summed E-state index contributed by atoms with van der Waals surface area (Å²) in [6.45, 7) is 5.99. The molecule has 0 atom stereocenters. The first-order valence-electron chi connectivity index (χ1n) is 12.7. The Hall–Kier alpha value is -2.40. The average molecular weight is 530 g/mol. The quantitative estimate of drug-likeness (QED) is 0.339. The molecule has 0 radical (unpaired) electrons. The number of methoxy groups -OCH3 is 1. The summed E-state index contributed by atoms with van der Waals surface area (Å²) in [5, 5.41) is 0. The maximum atomic E-state index is 6.09. The van der Waals surface area contributed by atoms with Gasteiger partial charge in [0.15, 0.2) is 0 Å². The smallest absolute Gasteiger partial charge is 0.142 e. The average Bonchev–Trinajstić information content (AvgIpc) is 2.91. The van der Waals surface area contributed by atoms with E-state index in [2.05, 4.69) is 64.4 Å². The van der Waals surface area contributed by atoms with Gasteiger partial charge in [0, 0.05) is 32.7 Å². The van der Waals surface area contributed by atoms with Gasteiger partial charge in [-0.2, -0.15) is 0 Å². The molecule has 2 aliphatic rings. The van der Waals surface area contributed by atoms with Crippen LogP contribution in [0.3, 0.4) is 0 Å². The van der Waals surface area contributed by atoms with E-state index in [1.165, 1.54) is 53.6 Å². The van der Waals surface area contributed by atoms with E-state index in [-0.39, 0.29) is 24.8 Å². The lowest BCUT2D eigenvalue weighted by Crippen LogP contribution is -2.47. The largest absolute Gasteiger partial charge is 0.495 e. The standard InChI is InChI=1S/C30H36N2O2.2ClH/c1-33-30-9-5-4-8-29(30)32-20-18-31(19-21-32)17-16-24-10-12-25(13-11-24)23-34-28-15-14-26-6-2-3-7-27(26)22-28;;/h4-5,8-15,22H,2-3,6-7,16-21,23H2,1H3;2*1H. The summed E-state index contributed by atoms with van der Waals surface area (Å²) in [5.74, 6) is 1.96. The molecular weight excluding hydrogens is 491 g/mol. The highest BCUT2D eigenvalue weighted by Gasteiger charge is 2.19. The molecule has 0 spiro atoms. The van der Waals surface area contributed by atoms with Crippen LogP contribution in [0.1, 0.15) is 35.1 Å². The van der Waals surface area contributed by atoms with Gasteiger partial charge in [-0.05, 0) is 78.6 Å². The number of hydrogen-bond acceptors (Lipinski definition) is 4. The first-order valence-corrected chi connectivity index (χ1v) is 12.7. The summed E-state index contributed by atoms with van der Waals surface area (Å²) in [6, 6.07) is 23.9. The van der Waals surface area contributed by atoms with Gasteiger partial charge in [-0.25, -0.2) is 0 Å². The van der Waals surface area contributed by atoms with Crippen molar-refractivity contribution in [2.75, 3.05) is 44.7 Å². The predicted octanol–water partition coefficient (Wildman–Crippen LogP) is 6.36. The number of fused-ring (bicyclic) bond motifs is 1. The van der Waals surface area contributed by atoms with E-state index in [9.17, 15) is 0 Å². The first-order chi connectivity index (χ1) is 16.8. The van der Waals surface area contributed by atoms with Gasteiger partial charge in [0.25, 0.3) is 0 Å². The highest BCUT2D eigenvalue weighted by atomic mass is 35.5. The minimum atomic E-state index is 0. The normalized spacial score (nSPS) is 15.3. The number of ether oxygens (including phenoxy) is 2. The van der Waals surface area contributed by atoms with Crippen LogP contribution in [0.4, 0.5) is 5.69 Å². The minimum absolute atomic E-state index is 0. The van der Waals surface area contributed by atoms with E-state index in [0.29, 0.717) is 6.61 Å². The number of rotatable bonds is 8. The molecule has 1 fully saturated rings. The summed E-state index contributed by atoms with van der Waals surface area (Å²) in [6.07, 6.45) is 6.11. The van der Waals surface area contributed by atoms with Crippen LogP contribution in [0.25, 0.3) is 0 Å². The van der Waals surface area contributed by atoms with Crippen molar-refractivity contribution in [2.45, 2.75) is 38.7 Å². The maximum Gasteiger partial charge on any atom is 0.142 e. The monoisotopic (exact) mass is 528 g/mol. The van der Waals surface area contributed by atoms with Crippen LogP contribution in [0.2, 0.25) is 0 Å². The molecule has 5 rings (SSSR count). The van der Waals surface area contributed by atoms with Gasteiger partial charge in [0.05, 0.1) is 12.8 Å². The zero-order valence-electron chi connectivity index (χ0n) is 21.2. The van der Waals surface area contributed by atoms with Gasteiger partial charge in [-0.1, -0.05) is 42.5 Å². The number of hydrogen-bond donors (Lipinski definition) is 0. The van der Waals surface area contributed by atoms with E-state index in [4.69, 9.17) is 9.47 Å². The van der Waals surface area contributed by atoms with Crippen molar-refractivity contribution in [2.24, 2.45) is 0 Å². The lowest BCUT2D eigenvalue weighted by molar-refractivity contribution is 0.260. The number of nitrogens with zero attached hydrogens (tertiary/aromatic N) is 2. The molecule has 194 valence electrons. The van der Waals surface area contributed by atoms with E-state index in [1.807, 2.05) is 12.1 Å². The third kappa shape index (κ3) is 7.09. The summed E-state index contributed by atoms with van der Waals surface area (Å²) < 4.78 is 11.6. The molecule has 4 nitrogen and oxygen atoms in total. The Bertz CT molecular complexity index is 1080. The van der Waals surface area contributed by atoms with Gasteiger partial charge in [0.1, 0.15) is 18.1 Å². The summed E-state index contributed by atoms with van der Waals surface area (Å²) >= 11 is 0. The fraction of sp³-hybridized carbons (Fsp3) is 0.400. The zero-order chi connectivity index (χ0) is 23.2. The fourth-order valence-electron chi connectivity index (χ4n) is 5.16. The van der Waals surface area contributed by atoms with E-state index >= 15 is 0 Å².